The summed E-state index contributed by atoms with van der Waals surface area (Å²) in [5.74, 6) is 0. The van der Waals surface area contributed by atoms with Crippen LogP contribution in [0.2, 0.25) is 0 Å². The first-order valence-electron chi connectivity index (χ1n) is 6.00. The van der Waals surface area contributed by atoms with Crippen molar-refractivity contribution in [1.29, 1.82) is 0 Å². The minimum atomic E-state index is 0.644. The molecule has 1 aromatic carbocycles. The molecule has 2 aromatic heterocycles. The predicted molar refractivity (Wildman–Crippen MR) is 76.8 cm³/mol. The zero-order valence-electron chi connectivity index (χ0n) is 10.3. The average molecular weight is 257 g/mol. The molecule has 0 aliphatic rings. The van der Waals surface area contributed by atoms with Crippen LogP contribution in [0.4, 0.5) is 0 Å². The molecule has 0 radical (unpaired) electrons. The van der Waals surface area contributed by atoms with Crippen molar-refractivity contribution in [2.75, 3.05) is 6.54 Å². The normalized spacial score (nSPS) is 11.2. The first kappa shape index (κ1) is 11.4. The number of aryl methyl sites for hydroxylation is 1. The third-order valence-electron chi connectivity index (χ3n) is 3.03. The van der Waals surface area contributed by atoms with Crippen molar-refractivity contribution < 1.29 is 0 Å². The van der Waals surface area contributed by atoms with Gasteiger partial charge >= 0.3 is 0 Å². The summed E-state index contributed by atoms with van der Waals surface area (Å²) in [4.78, 5) is 1.29. The minimum absolute atomic E-state index is 0.644. The lowest BCUT2D eigenvalue weighted by Crippen LogP contribution is -2.03. The Kier molecular flexibility index (Phi) is 2.89. The monoisotopic (exact) mass is 257 g/mol. The Morgan fingerprint density at radius 1 is 1.28 bits per heavy atom. The van der Waals surface area contributed by atoms with Gasteiger partial charge in [0.1, 0.15) is 0 Å². The lowest BCUT2D eigenvalue weighted by molar-refractivity contribution is 0.761. The van der Waals surface area contributed by atoms with Gasteiger partial charge in [-0.15, -0.1) is 11.3 Å². The van der Waals surface area contributed by atoms with Crippen LogP contribution >= 0.6 is 11.3 Å². The van der Waals surface area contributed by atoms with Crippen molar-refractivity contribution in [3.8, 4) is 10.4 Å². The molecule has 4 heteroatoms. The Morgan fingerprint density at radius 2 is 2.06 bits per heavy atom. The van der Waals surface area contributed by atoms with Crippen LogP contribution in [-0.2, 0) is 13.5 Å². The zero-order valence-corrected chi connectivity index (χ0v) is 11.1. The standard InChI is InChI=1S/C14H15N3S/c1-17-12-9-13(10-5-3-2-4-6-10)18-14(12)11(16-17)7-8-15/h2-6,9H,7-8,15H2,1H3. The van der Waals surface area contributed by atoms with E-state index in [1.807, 2.05) is 17.8 Å². The number of fused-ring (bicyclic) bond motifs is 1. The van der Waals surface area contributed by atoms with Gasteiger partial charge in [0.05, 0.1) is 15.9 Å². The molecule has 3 nitrogen and oxygen atoms in total. The van der Waals surface area contributed by atoms with E-state index in [2.05, 4.69) is 35.4 Å². The Hall–Kier alpha value is -1.65. The number of aromatic nitrogens is 2. The molecule has 0 aliphatic heterocycles. The van der Waals surface area contributed by atoms with Gasteiger partial charge in [0.25, 0.3) is 0 Å². The molecule has 2 N–H and O–H groups in total. The molecule has 0 aliphatic carbocycles. The lowest BCUT2D eigenvalue weighted by atomic mass is 10.2. The molecule has 0 bridgehead atoms. The number of nitrogens with two attached hydrogens (primary N) is 1. The maximum Gasteiger partial charge on any atom is 0.0815 e. The number of rotatable bonds is 3. The highest BCUT2D eigenvalue weighted by Crippen LogP contribution is 2.35. The third-order valence-corrected chi connectivity index (χ3v) is 4.26. The third kappa shape index (κ3) is 1.83. The van der Waals surface area contributed by atoms with Crippen LogP contribution in [0, 0.1) is 0 Å². The average Bonchev–Trinajstić information content (AvgIpc) is 2.94. The van der Waals surface area contributed by atoms with Crippen LogP contribution in [0.1, 0.15) is 5.69 Å². The summed E-state index contributed by atoms with van der Waals surface area (Å²) in [6.45, 7) is 0.644. The summed E-state index contributed by atoms with van der Waals surface area (Å²) in [5, 5.41) is 4.52. The van der Waals surface area contributed by atoms with Gasteiger partial charge in [-0.3, -0.25) is 4.68 Å². The quantitative estimate of drug-likeness (QED) is 0.784. The van der Waals surface area contributed by atoms with Crippen molar-refractivity contribution in [3.05, 3.63) is 42.1 Å². The van der Waals surface area contributed by atoms with Crippen LogP contribution in [0.3, 0.4) is 0 Å². The van der Waals surface area contributed by atoms with Crippen molar-refractivity contribution in [3.63, 3.8) is 0 Å². The predicted octanol–water partition coefficient (Wildman–Crippen LogP) is 2.80. The highest BCUT2D eigenvalue weighted by molar-refractivity contribution is 7.22. The first-order chi connectivity index (χ1) is 8.79. The van der Waals surface area contributed by atoms with Crippen LogP contribution in [0.5, 0.6) is 0 Å². The molecule has 0 saturated heterocycles. The fourth-order valence-electron chi connectivity index (χ4n) is 2.15. The number of thiophene rings is 1. The molecule has 0 amide bonds. The fourth-order valence-corrected chi connectivity index (χ4v) is 3.35. The van der Waals surface area contributed by atoms with Gasteiger partial charge < -0.3 is 5.73 Å². The van der Waals surface area contributed by atoms with E-state index in [1.54, 1.807) is 11.3 Å². The lowest BCUT2D eigenvalue weighted by Gasteiger charge is -1.96. The van der Waals surface area contributed by atoms with Crippen LogP contribution < -0.4 is 5.73 Å². The van der Waals surface area contributed by atoms with Crippen molar-refractivity contribution in [1.82, 2.24) is 9.78 Å². The molecular weight excluding hydrogens is 242 g/mol. The van der Waals surface area contributed by atoms with Crippen molar-refractivity contribution in [2.45, 2.75) is 6.42 Å². The Balaban J connectivity index is 2.14. The molecule has 2 heterocycles. The summed E-state index contributed by atoms with van der Waals surface area (Å²) in [7, 11) is 1.99. The van der Waals surface area contributed by atoms with Gasteiger partial charge in [0.15, 0.2) is 0 Å². The summed E-state index contributed by atoms with van der Waals surface area (Å²) >= 11 is 1.80. The molecule has 0 spiro atoms. The highest BCUT2D eigenvalue weighted by Gasteiger charge is 2.12. The maximum atomic E-state index is 5.63. The molecule has 18 heavy (non-hydrogen) atoms. The Bertz CT molecular complexity index is 667. The van der Waals surface area contributed by atoms with Gasteiger partial charge in [-0.2, -0.15) is 5.10 Å². The summed E-state index contributed by atoms with van der Waals surface area (Å²) in [5.41, 5.74) is 9.21. The van der Waals surface area contributed by atoms with Gasteiger partial charge in [0.2, 0.25) is 0 Å². The first-order valence-corrected chi connectivity index (χ1v) is 6.82. The van der Waals surface area contributed by atoms with Gasteiger partial charge in [0, 0.05) is 18.3 Å². The van der Waals surface area contributed by atoms with E-state index in [0.717, 1.165) is 12.1 Å². The van der Waals surface area contributed by atoms with Gasteiger partial charge in [-0.05, 0) is 18.2 Å². The van der Waals surface area contributed by atoms with E-state index in [0.29, 0.717) is 6.54 Å². The molecule has 0 unspecified atom stereocenters. The Morgan fingerprint density at radius 3 is 2.78 bits per heavy atom. The van der Waals surface area contributed by atoms with E-state index in [4.69, 9.17) is 5.73 Å². The Labute approximate surface area is 110 Å². The summed E-state index contributed by atoms with van der Waals surface area (Å²) in [6.07, 6.45) is 0.839. The van der Waals surface area contributed by atoms with Gasteiger partial charge in [-0.1, -0.05) is 30.3 Å². The van der Waals surface area contributed by atoms with Crippen molar-refractivity contribution in [2.24, 2.45) is 12.8 Å². The van der Waals surface area contributed by atoms with E-state index < -0.39 is 0 Å². The van der Waals surface area contributed by atoms with Crippen molar-refractivity contribution >= 4 is 21.6 Å². The highest BCUT2D eigenvalue weighted by atomic mass is 32.1. The molecule has 0 atom stereocenters. The SMILES string of the molecule is Cn1nc(CCN)c2sc(-c3ccccc3)cc21. The van der Waals surface area contributed by atoms with Gasteiger partial charge in [-0.25, -0.2) is 0 Å². The van der Waals surface area contributed by atoms with E-state index in [9.17, 15) is 0 Å². The zero-order chi connectivity index (χ0) is 12.5. The maximum absolute atomic E-state index is 5.63. The smallest absolute Gasteiger partial charge is 0.0815 e. The van der Waals surface area contributed by atoms with Crippen LogP contribution in [-0.4, -0.2) is 16.3 Å². The number of nitrogens with zero attached hydrogens (tertiary/aromatic N) is 2. The molecule has 0 fully saturated rings. The second-order valence-corrected chi connectivity index (χ2v) is 5.35. The van der Waals surface area contributed by atoms with E-state index in [-0.39, 0.29) is 0 Å². The number of hydrogen-bond acceptors (Lipinski definition) is 3. The van der Waals surface area contributed by atoms with E-state index in [1.165, 1.54) is 20.7 Å². The molecule has 92 valence electrons. The molecule has 3 rings (SSSR count). The summed E-state index contributed by atoms with van der Waals surface area (Å²) < 4.78 is 3.21. The molecule has 3 aromatic rings. The number of benzene rings is 1. The van der Waals surface area contributed by atoms with Crippen LogP contribution in [0.25, 0.3) is 20.7 Å². The largest absolute Gasteiger partial charge is 0.330 e. The van der Waals surface area contributed by atoms with E-state index >= 15 is 0 Å². The van der Waals surface area contributed by atoms with Crippen LogP contribution in [0.15, 0.2) is 36.4 Å². The number of hydrogen-bond donors (Lipinski definition) is 1. The second-order valence-electron chi connectivity index (χ2n) is 4.30. The molecular formula is C14H15N3S. The second kappa shape index (κ2) is 4.55. The topological polar surface area (TPSA) is 43.8 Å². The fraction of sp³-hybridized carbons (Fsp3) is 0.214. The summed E-state index contributed by atoms with van der Waals surface area (Å²) in [6, 6.07) is 12.7. The minimum Gasteiger partial charge on any atom is -0.330 e. The molecule has 0 saturated carbocycles.